The molecule has 0 aromatic heterocycles. The Morgan fingerprint density at radius 1 is 1.29 bits per heavy atom. The molecule has 0 aliphatic carbocycles. The van der Waals surface area contributed by atoms with E-state index in [1.165, 1.54) is 38.6 Å². The fraction of sp³-hybridized carbons (Fsp3) is 1.00. The highest BCUT2D eigenvalue weighted by Gasteiger charge is 2.34. The molecule has 2 saturated heterocycles. The molecule has 0 saturated carbocycles. The summed E-state index contributed by atoms with van der Waals surface area (Å²) in [5, 5.41) is 3.33. The van der Waals surface area contributed by atoms with Crippen molar-refractivity contribution in [2.24, 2.45) is 0 Å². The molecular formula is C14H28N2O. The van der Waals surface area contributed by atoms with Crippen LogP contribution in [0.5, 0.6) is 0 Å². The summed E-state index contributed by atoms with van der Waals surface area (Å²) < 4.78 is 6.12. The molecule has 2 fully saturated rings. The first-order chi connectivity index (χ1) is 8.11. The Hall–Kier alpha value is -0.120. The van der Waals surface area contributed by atoms with Gasteiger partial charge in [0, 0.05) is 19.1 Å². The van der Waals surface area contributed by atoms with Crippen LogP contribution < -0.4 is 5.32 Å². The number of nitrogens with zero attached hydrogens (tertiary/aromatic N) is 1. The molecule has 17 heavy (non-hydrogen) atoms. The molecule has 3 nitrogen and oxygen atoms in total. The maximum absolute atomic E-state index is 6.12. The van der Waals surface area contributed by atoms with Crippen molar-refractivity contribution in [3.8, 4) is 0 Å². The lowest BCUT2D eigenvalue weighted by Crippen LogP contribution is -2.48. The van der Waals surface area contributed by atoms with Gasteiger partial charge in [0.25, 0.3) is 0 Å². The van der Waals surface area contributed by atoms with E-state index in [0.717, 1.165) is 19.1 Å². The average molecular weight is 240 g/mol. The molecule has 2 rings (SSSR count). The van der Waals surface area contributed by atoms with E-state index in [4.69, 9.17) is 4.74 Å². The third kappa shape index (κ3) is 3.67. The number of likely N-dealkylation sites (tertiary alicyclic amines) is 1. The minimum absolute atomic E-state index is 0.110. The lowest BCUT2D eigenvalue weighted by molar-refractivity contribution is -0.0370. The normalized spacial score (nSPS) is 34.1. The van der Waals surface area contributed by atoms with Gasteiger partial charge >= 0.3 is 0 Å². The first-order valence-electron chi connectivity index (χ1n) is 7.17. The predicted molar refractivity (Wildman–Crippen MR) is 71.3 cm³/mol. The van der Waals surface area contributed by atoms with Gasteiger partial charge in [-0.3, -0.25) is 4.90 Å². The zero-order valence-corrected chi connectivity index (χ0v) is 11.7. The number of piperidine rings is 1. The lowest BCUT2D eigenvalue weighted by Gasteiger charge is -2.37. The van der Waals surface area contributed by atoms with Crippen LogP contribution in [0, 0.1) is 0 Å². The molecule has 100 valence electrons. The summed E-state index contributed by atoms with van der Waals surface area (Å²) in [6.07, 6.45) is 6.99. The van der Waals surface area contributed by atoms with E-state index in [1.807, 2.05) is 0 Å². The molecule has 0 spiro atoms. The van der Waals surface area contributed by atoms with Gasteiger partial charge in [-0.15, -0.1) is 0 Å². The summed E-state index contributed by atoms with van der Waals surface area (Å²) in [5.41, 5.74) is 0.110. The molecule has 2 aliphatic rings. The van der Waals surface area contributed by atoms with E-state index in [-0.39, 0.29) is 5.60 Å². The highest BCUT2D eigenvalue weighted by Crippen LogP contribution is 2.30. The van der Waals surface area contributed by atoms with Crippen LogP contribution in [-0.2, 0) is 4.74 Å². The van der Waals surface area contributed by atoms with Crippen LogP contribution in [0.3, 0.4) is 0 Å². The van der Waals surface area contributed by atoms with Crippen LogP contribution in [0.4, 0.5) is 0 Å². The van der Waals surface area contributed by atoms with Gasteiger partial charge in [-0.2, -0.15) is 0 Å². The van der Waals surface area contributed by atoms with Crippen molar-refractivity contribution in [2.75, 3.05) is 26.7 Å². The van der Waals surface area contributed by atoms with E-state index in [2.05, 4.69) is 31.1 Å². The fourth-order valence-corrected chi connectivity index (χ4v) is 3.23. The quantitative estimate of drug-likeness (QED) is 0.813. The van der Waals surface area contributed by atoms with Crippen molar-refractivity contribution in [3.05, 3.63) is 0 Å². The molecule has 0 aromatic rings. The summed E-state index contributed by atoms with van der Waals surface area (Å²) in [5.74, 6) is 0. The Balaban J connectivity index is 1.84. The summed E-state index contributed by atoms with van der Waals surface area (Å²) in [6.45, 7) is 7.95. The average Bonchev–Trinajstić information content (AvgIpc) is 2.61. The first kappa shape index (κ1) is 13.3. The van der Waals surface area contributed by atoms with Crippen LogP contribution in [-0.4, -0.2) is 49.3 Å². The number of likely N-dealkylation sites (N-methyl/N-ethyl adjacent to an activating group) is 1. The number of hydrogen-bond acceptors (Lipinski definition) is 3. The van der Waals surface area contributed by atoms with Crippen LogP contribution in [0.15, 0.2) is 0 Å². The van der Waals surface area contributed by atoms with Crippen LogP contribution >= 0.6 is 0 Å². The molecule has 0 amide bonds. The Morgan fingerprint density at radius 3 is 2.76 bits per heavy atom. The molecule has 0 bridgehead atoms. The molecule has 2 heterocycles. The minimum atomic E-state index is 0.110. The maximum atomic E-state index is 6.12. The van der Waals surface area contributed by atoms with Crippen molar-refractivity contribution in [1.29, 1.82) is 0 Å². The molecule has 3 heteroatoms. The number of nitrogens with one attached hydrogen (secondary N) is 1. The van der Waals surface area contributed by atoms with Gasteiger partial charge in [-0.05, 0) is 53.1 Å². The van der Waals surface area contributed by atoms with Gasteiger partial charge < -0.3 is 10.1 Å². The smallest absolute Gasteiger partial charge is 0.0710 e. The first-order valence-corrected chi connectivity index (χ1v) is 7.17. The standard InChI is InChI=1S/C14H28N2O/c1-14(2)8-7-13(17-14)11-16-9-5-4-6-12(16)10-15-3/h12-13,15H,4-11H2,1-3H3. The number of ether oxygens (including phenoxy) is 1. The highest BCUT2D eigenvalue weighted by atomic mass is 16.5. The number of rotatable bonds is 4. The van der Waals surface area contributed by atoms with Crippen molar-refractivity contribution in [1.82, 2.24) is 10.2 Å². The van der Waals surface area contributed by atoms with Crippen molar-refractivity contribution in [2.45, 2.75) is 63.7 Å². The Morgan fingerprint density at radius 2 is 2.12 bits per heavy atom. The SMILES string of the molecule is CNCC1CCCCN1CC1CCC(C)(C)O1. The Kier molecular flexibility index (Phi) is 4.45. The van der Waals surface area contributed by atoms with Crippen molar-refractivity contribution < 1.29 is 4.74 Å². The predicted octanol–water partition coefficient (Wildman–Crippen LogP) is 2.02. The van der Waals surface area contributed by atoms with E-state index in [1.54, 1.807) is 0 Å². The van der Waals surface area contributed by atoms with Crippen LogP contribution in [0.1, 0.15) is 46.0 Å². The second-order valence-corrected chi connectivity index (χ2v) is 6.24. The van der Waals surface area contributed by atoms with E-state index in [9.17, 15) is 0 Å². The summed E-state index contributed by atoms with van der Waals surface area (Å²) >= 11 is 0. The zero-order valence-electron chi connectivity index (χ0n) is 11.7. The van der Waals surface area contributed by atoms with E-state index < -0.39 is 0 Å². The van der Waals surface area contributed by atoms with E-state index >= 15 is 0 Å². The Bertz CT molecular complexity index is 240. The van der Waals surface area contributed by atoms with Gasteiger partial charge in [-0.1, -0.05) is 6.42 Å². The molecular weight excluding hydrogens is 212 g/mol. The van der Waals surface area contributed by atoms with E-state index in [0.29, 0.717) is 6.10 Å². The number of hydrogen-bond donors (Lipinski definition) is 1. The molecule has 0 aromatic carbocycles. The van der Waals surface area contributed by atoms with Gasteiger partial charge in [0.05, 0.1) is 11.7 Å². The van der Waals surface area contributed by atoms with Gasteiger partial charge in [0.1, 0.15) is 0 Å². The maximum Gasteiger partial charge on any atom is 0.0710 e. The summed E-state index contributed by atoms with van der Waals surface area (Å²) in [4.78, 5) is 2.64. The molecule has 2 atom stereocenters. The minimum Gasteiger partial charge on any atom is -0.371 e. The van der Waals surface area contributed by atoms with Crippen LogP contribution in [0.25, 0.3) is 0 Å². The van der Waals surface area contributed by atoms with Crippen molar-refractivity contribution in [3.63, 3.8) is 0 Å². The molecule has 2 aliphatic heterocycles. The molecule has 0 radical (unpaired) electrons. The topological polar surface area (TPSA) is 24.5 Å². The summed E-state index contributed by atoms with van der Waals surface area (Å²) in [6, 6.07) is 0.723. The second kappa shape index (κ2) is 5.68. The third-order valence-corrected chi connectivity index (χ3v) is 4.18. The summed E-state index contributed by atoms with van der Waals surface area (Å²) in [7, 11) is 2.06. The zero-order chi connectivity index (χ0) is 12.3. The van der Waals surface area contributed by atoms with Gasteiger partial charge in [0.2, 0.25) is 0 Å². The fourth-order valence-electron chi connectivity index (χ4n) is 3.23. The Labute approximate surface area is 106 Å². The molecule has 2 unspecified atom stereocenters. The molecule has 1 N–H and O–H groups in total. The van der Waals surface area contributed by atoms with Crippen LogP contribution in [0.2, 0.25) is 0 Å². The monoisotopic (exact) mass is 240 g/mol. The van der Waals surface area contributed by atoms with Crippen molar-refractivity contribution >= 4 is 0 Å². The second-order valence-electron chi connectivity index (χ2n) is 6.24. The highest BCUT2D eigenvalue weighted by molar-refractivity contribution is 4.86. The van der Waals surface area contributed by atoms with Gasteiger partial charge in [-0.25, -0.2) is 0 Å². The third-order valence-electron chi connectivity index (χ3n) is 4.18. The lowest BCUT2D eigenvalue weighted by atomic mass is 10.0. The largest absolute Gasteiger partial charge is 0.371 e. The van der Waals surface area contributed by atoms with Gasteiger partial charge in [0.15, 0.2) is 0 Å².